The van der Waals surface area contributed by atoms with Crippen LogP contribution in [0.2, 0.25) is 0 Å². The minimum absolute atomic E-state index is 0.0370. The summed E-state index contributed by atoms with van der Waals surface area (Å²) >= 11 is 1.64. The first-order valence-corrected chi connectivity index (χ1v) is 11.9. The summed E-state index contributed by atoms with van der Waals surface area (Å²) in [5.41, 5.74) is 1.97. The van der Waals surface area contributed by atoms with E-state index < -0.39 is 0 Å². The number of fused-ring (bicyclic) bond motifs is 1. The van der Waals surface area contributed by atoms with Crippen LogP contribution in [0.3, 0.4) is 0 Å². The van der Waals surface area contributed by atoms with E-state index in [1.165, 1.54) is 0 Å². The van der Waals surface area contributed by atoms with Crippen LogP contribution in [0.15, 0.2) is 70.8 Å². The lowest BCUT2D eigenvalue weighted by molar-refractivity contribution is 0.192. The number of rotatable bonds is 6. The SMILES string of the molecule is CCOc1ccccc1N1CCN(Cn2nc(-c3cccs3)c3ccccc3c2=O)CC1. The summed E-state index contributed by atoms with van der Waals surface area (Å²) in [4.78, 5) is 18.9. The van der Waals surface area contributed by atoms with E-state index in [-0.39, 0.29) is 5.56 Å². The van der Waals surface area contributed by atoms with Crippen LogP contribution < -0.4 is 15.2 Å². The zero-order valence-corrected chi connectivity index (χ0v) is 18.9. The topological polar surface area (TPSA) is 50.6 Å². The van der Waals surface area contributed by atoms with Gasteiger partial charge in [0.05, 0.1) is 29.2 Å². The second-order valence-corrected chi connectivity index (χ2v) is 8.77. The molecule has 4 aromatic rings. The Hall–Kier alpha value is -3.16. The van der Waals surface area contributed by atoms with E-state index in [1.54, 1.807) is 16.0 Å². The molecule has 1 aliphatic heterocycles. The lowest BCUT2D eigenvalue weighted by atomic mass is 10.1. The maximum atomic E-state index is 13.2. The lowest BCUT2D eigenvalue weighted by Gasteiger charge is -2.36. The van der Waals surface area contributed by atoms with Crippen LogP contribution in [0, 0.1) is 0 Å². The molecular weight excluding hydrogens is 420 g/mol. The third-order valence-electron chi connectivity index (χ3n) is 5.83. The van der Waals surface area contributed by atoms with Gasteiger partial charge in [-0.3, -0.25) is 9.69 Å². The molecule has 1 fully saturated rings. The van der Waals surface area contributed by atoms with Crippen molar-refractivity contribution in [3.05, 3.63) is 76.4 Å². The largest absolute Gasteiger partial charge is 0.492 e. The molecule has 0 spiro atoms. The summed E-state index contributed by atoms with van der Waals surface area (Å²) in [6, 6.07) is 20.0. The van der Waals surface area contributed by atoms with E-state index in [2.05, 4.69) is 28.0 Å². The molecule has 0 amide bonds. The first kappa shape index (κ1) is 20.7. The van der Waals surface area contributed by atoms with Crippen molar-refractivity contribution in [1.29, 1.82) is 0 Å². The first-order valence-electron chi connectivity index (χ1n) is 11.0. The van der Waals surface area contributed by atoms with E-state index in [0.717, 1.165) is 59.0 Å². The van der Waals surface area contributed by atoms with E-state index in [0.29, 0.717) is 13.3 Å². The number of thiophene rings is 1. The quantitative estimate of drug-likeness (QED) is 0.442. The number of para-hydroxylation sites is 2. The molecule has 6 nitrogen and oxygen atoms in total. The molecule has 0 saturated carbocycles. The van der Waals surface area contributed by atoms with Gasteiger partial charge in [0.1, 0.15) is 11.4 Å². The van der Waals surface area contributed by atoms with Crippen LogP contribution in [0.25, 0.3) is 21.3 Å². The van der Waals surface area contributed by atoms with Gasteiger partial charge in [-0.05, 0) is 36.6 Å². The van der Waals surface area contributed by atoms with Crippen LogP contribution in [0.1, 0.15) is 6.92 Å². The average molecular weight is 447 g/mol. The molecule has 5 rings (SSSR count). The molecule has 164 valence electrons. The van der Waals surface area contributed by atoms with Gasteiger partial charge in [-0.1, -0.05) is 36.4 Å². The summed E-state index contributed by atoms with van der Waals surface area (Å²) in [5.74, 6) is 0.927. The Morgan fingerprint density at radius 2 is 1.69 bits per heavy atom. The summed E-state index contributed by atoms with van der Waals surface area (Å²) in [7, 11) is 0. The monoisotopic (exact) mass is 446 g/mol. The molecule has 0 bridgehead atoms. The van der Waals surface area contributed by atoms with Crippen molar-refractivity contribution in [2.24, 2.45) is 0 Å². The van der Waals surface area contributed by atoms with Crippen LogP contribution in [-0.4, -0.2) is 47.5 Å². The Balaban J connectivity index is 1.37. The molecule has 7 heteroatoms. The van der Waals surface area contributed by atoms with E-state index >= 15 is 0 Å². The highest BCUT2D eigenvalue weighted by Gasteiger charge is 2.21. The number of aromatic nitrogens is 2. The standard InChI is InChI=1S/C25H26N4O2S/c1-2-31-22-11-6-5-10-21(22)28-15-13-27(14-16-28)18-29-25(30)20-9-4-3-8-19(20)24(26-29)23-12-7-17-32-23/h3-12,17H,2,13-16,18H2,1H3. The minimum Gasteiger partial charge on any atom is -0.492 e. The van der Waals surface area contributed by atoms with Crippen molar-refractivity contribution in [2.45, 2.75) is 13.6 Å². The van der Waals surface area contributed by atoms with Gasteiger partial charge < -0.3 is 9.64 Å². The average Bonchev–Trinajstić information content (AvgIpc) is 3.37. The fourth-order valence-corrected chi connectivity index (χ4v) is 4.97. The third kappa shape index (κ3) is 4.01. The smallest absolute Gasteiger partial charge is 0.275 e. The molecule has 2 aromatic carbocycles. The second kappa shape index (κ2) is 9.14. The van der Waals surface area contributed by atoms with Crippen molar-refractivity contribution in [2.75, 3.05) is 37.7 Å². The van der Waals surface area contributed by atoms with Crippen LogP contribution in [-0.2, 0) is 6.67 Å². The Kier molecular flexibility index (Phi) is 5.92. The minimum atomic E-state index is -0.0370. The predicted molar refractivity (Wildman–Crippen MR) is 131 cm³/mol. The van der Waals surface area contributed by atoms with Gasteiger partial charge in [-0.2, -0.15) is 5.10 Å². The molecule has 0 aliphatic carbocycles. The van der Waals surface area contributed by atoms with E-state index in [4.69, 9.17) is 9.84 Å². The highest BCUT2D eigenvalue weighted by Crippen LogP contribution is 2.30. The van der Waals surface area contributed by atoms with Crippen LogP contribution >= 0.6 is 11.3 Å². The highest BCUT2D eigenvalue weighted by atomic mass is 32.1. The van der Waals surface area contributed by atoms with E-state index in [9.17, 15) is 4.79 Å². The van der Waals surface area contributed by atoms with Crippen LogP contribution in [0.4, 0.5) is 5.69 Å². The van der Waals surface area contributed by atoms with Crippen molar-refractivity contribution in [1.82, 2.24) is 14.7 Å². The number of ether oxygens (including phenoxy) is 1. The zero-order chi connectivity index (χ0) is 21.9. The molecule has 0 N–H and O–H groups in total. The number of benzene rings is 2. The fourth-order valence-electron chi connectivity index (χ4n) is 4.24. The molecule has 0 radical (unpaired) electrons. The van der Waals surface area contributed by atoms with Crippen molar-refractivity contribution in [3.8, 4) is 16.3 Å². The van der Waals surface area contributed by atoms with Gasteiger partial charge in [0.2, 0.25) is 0 Å². The van der Waals surface area contributed by atoms with Gasteiger partial charge in [-0.15, -0.1) is 11.3 Å². The maximum absolute atomic E-state index is 13.2. The molecular formula is C25H26N4O2S. The Labute approximate surface area is 191 Å². The van der Waals surface area contributed by atoms with Gasteiger partial charge in [-0.25, -0.2) is 4.68 Å². The molecule has 2 aromatic heterocycles. The third-order valence-corrected chi connectivity index (χ3v) is 6.71. The second-order valence-electron chi connectivity index (χ2n) is 7.82. The fraction of sp³-hybridized carbons (Fsp3) is 0.280. The Bertz CT molecular complexity index is 1260. The van der Waals surface area contributed by atoms with Gasteiger partial charge >= 0.3 is 0 Å². The summed E-state index contributed by atoms with van der Waals surface area (Å²) < 4.78 is 7.43. The van der Waals surface area contributed by atoms with Gasteiger partial charge in [0, 0.05) is 31.6 Å². The van der Waals surface area contributed by atoms with Gasteiger partial charge in [0.25, 0.3) is 5.56 Å². The molecule has 3 heterocycles. The van der Waals surface area contributed by atoms with Crippen LogP contribution in [0.5, 0.6) is 5.75 Å². The van der Waals surface area contributed by atoms with E-state index in [1.807, 2.05) is 54.8 Å². The molecule has 0 unspecified atom stereocenters. The number of anilines is 1. The normalized spacial score (nSPS) is 14.7. The summed E-state index contributed by atoms with van der Waals surface area (Å²) in [6.45, 7) is 6.62. The lowest BCUT2D eigenvalue weighted by Crippen LogP contribution is -2.48. The summed E-state index contributed by atoms with van der Waals surface area (Å²) in [5, 5.41) is 8.46. The Morgan fingerprint density at radius 3 is 2.44 bits per heavy atom. The number of nitrogens with zero attached hydrogens (tertiary/aromatic N) is 4. The van der Waals surface area contributed by atoms with Gasteiger partial charge in [0.15, 0.2) is 0 Å². The first-order chi connectivity index (χ1) is 15.7. The molecule has 1 aliphatic rings. The number of hydrogen-bond acceptors (Lipinski definition) is 6. The molecule has 0 atom stereocenters. The highest BCUT2D eigenvalue weighted by molar-refractivity contribution is 7.13. The number of hydrogen-bond donors (Lipinski definition) is 0. The molecule has 32 heavy (non-hydrogen) atoms. The zero-order valence-electron chi connectivity index (χ0n) is 18.1. The van der Waals surface area contributed by atoms with Crippen molar-refractivity contribution in [3.63, 3.8) is 0 Å². The van der Waals surface area contributed by atoms with Crippen molar-refractivity contribution >= 4 is 27.8 Å². The maximum Gasteiger partial charge on any atom is 0.275 e. The summed E-state index contributed by atoms with van der Waals surface area (Å²) in [6.07, 6.45) is 0. The molecule has 1 saturated heterocycles. The Morgan fingerprint density at radius 1 is 0.938 bits per heavy atom. The number of piperazine rings is 1. The predicted octanol–water partition coefficient (Wildman–Crippen LogP) is 4.30. The van der Waals surface area contributed by atoms with Crippen molar-refractivity contribution < 1.29 is 4.74 Å².